The molecule has 0 aromatic heterocycles. The van der Waals surface area contributed by atoms with Gasteiger partial charge in [0, 0.05) is 6.07 Å². The molecule has 0 fully saturated rings. The standard InChI is InChI=1S/C10H7ClFNO3/c1-2-15-10(14)6-3-9(16-5-13)8(12)4-7(6)11/h3-4H,2H2,1H3. The lowest BCUT2D eigenvalue weighted by molar-refractivity contribution is 0.0526. The fraction of sp³-hybridized carbons (Fsp3) is 0.200. The summed E-state index contributed by atoms with van der Waals surface area (Å²) in [7, 11) is 0. The maximum absolute atomic E-state index is 13.2. The lowest BCUT2D eigenvalue weighted by atomic mass is 10.2. The number of ether oxygens (including phenoxy) is 2. The third-order valence-corrected chi connectivity index (χ3v) is 1.99. The van der Waals surface area contributed by atoms with Gasteiger partial charge >= 0.3 is 5.97 Å². The molecule has 1 aromatic rings. The normalized spacial score (nSPS) is 9.38. The highest BCUT2D eigenvalue weighted by molar-refractivity contribution is 6.33. The minimum atomic E-state index is -0.820. The van der Waals surface area contributed by atoms with E-state index in [9.17, 15) is 9.18 Å². The molecular formula is C10H7ClFNO3. The minimum absolute atomic E-state index is 0.0461. The topological polar surface area (TPSA) is 59.3 Å². The molecule has 0 N–H and O–H groups in total. The average Bonchev–Trinajstić information content (AvgIpc) is 2.22. The van der Waals surface area contributed by atoms with E-state index in [0.29, 0.717) is 0 Å². The summed E-state index contributed by atoms with van der Waals surface area (Å²) >= 11 is 5.65. The van der Waals surface area contributed by atoms with Crippen molar-refractivity contribution in [1.82, 2.24) is 0 Å². The fourth-order valence-electron chi connectivity index (χ4n) is 1.02. The summed E-state index contributed by atoms with van der Waals surface area (Å²) in [5.41, 5.74) is -0.0461. The van der Waals surface area contributed by atoms with Gasteiger partial charge in [0.1, 0.15) is 0 Å². The monoisotopic (exact) mass is 243 g/mol. The smallest absolute Gasteiger partial charge is 0.339 e. The van der Waals surface area contributed by atoms with Gasteiger partial charge in [-0.05, 0) is 13.0 Å². The SMILES string of the molecule is CCOC(=O)c1cc(OC#N)c(F)cc1Cl. The van der Waals surface area contributed by atoms with Crippen LogP contribution in [0.15, 0.2) is 12.1 Å². The molecule has 0 aliphatic heterocycles. The highest BCUT2D eigenvalue weighted by atomic mass is 35.5. The zero-order valence-electron chi connectivity index (χ0n) is 8.29. The van der Waals surface area contributed by atoms with Crippen molar-refractivity contribution in [3.8, 4) is 12.0 Å². The van der Waals surface area contributed by atoms with E-state index in [-0.39, 0.29) is 22.9 Å². The highest BCUT2D eigenvalue weighted by Gasteiger charge is 2.16. The number of halogens is 2. The Labute approximate surface area is 96.1 Å². The van der Waals surface area contributed by atoms with E-state index in [0.717, 1.165) is 12.1 Å². The summed E-state index contributed by atoms with van der Waals surface area (Å²) in [6.07, 6.45) is 1.31. The molecule has 6 heteroatoms. The van der Waals surface area contributed by atoms with Gasteiger partial charge < -0.3 is 9.47 Å². The van der Waals surface area contributed by atoms with Crippen LogP contribution >= 0.6 is 11.6 Å². The van der Waals surface area contributed by atoms with Crippen LogP contribution in [0.5, 0.6) is 5.75 Å². The van der Waals surface area contributed by atoms with Gasteiger partial charge in [0.15, 0.2) is 11.6 Å². The number of benzene rings is 1. The average molecular weight is 244 g/mol. The van der Waals surface area contributed by atoms with Gasteiger partial charge in [0.2, 0.25) is 0 Å². The second-order valence-electron chi connectivity index (χ2n) is 2.68. The van der Waals surface area contributed by atoms with Gasteiger partial charge in [-0.2, -0.15) is 0 Å². The van der Waals surface area contributed by atoms with Crippen LogP contribution in [0.25, 0.3) is 0 Å². The molecule has 1 aromatic carbocycles. The van der Waals surface area contributed by atoms with Crippen molar-refractivity contribution in [2.24, 2.45) is 0 Å². The van der Waals surface area contributed by atoms with Crippen LogP contribution in [-0.2, 0) is 4.74 Å². The Morgan fingerprint density at radius 2 is 2.31 bits per heavy atom. The van der Waals surface area contributed by atoms with E-state index in [1.54, 1.807) is 6.92 Å². The number of hydrogen-bond donors (Lipinski definition) is 0. The molecule has 0 amide bonds. The first-order valence-electron chi connectivity index (χ1n) is 4.32. The van der Waals surface area contributed by atoms with Crippen molar-refractivity contribution in [3.63, 3.8) is 0 Å². The number of nitrogens with zero attached hydrogens (tertiary/aromatic N) is 1. The van der Waals surface area contributed by atoms with Crippen molar-refractivity contribution in [1.29, 1.82) is 5.26 Å². The molecule has 4 nitrogen and oxygen atoms in total. The van der Waals surface area contributed by atoms with Gasteiger partial charge in [0.25, 0.3) is 6.26 Å². The number of rotatable bonds is 3. The molecule has 1 rings (SSSR count). The first kappa shape index (κ1) is 12.3. The maximum atomic E-state index is 13.2. The summed E-state index contributed by atoms with van der Waals surface area (Å²) in [5, 5.41) is 8.16. The first-order chi connectivity index (χ1) is 7.60. The minimum Gasteiger partial charge on any atom is -0.462 e. The third kappa shape index (κ3) is 2.61. The molecule has 0 saturated carbocycles. The van der Waals surface area contributed by atoms with E-state index in [1.165, 1.54) is 6.26 Å². The molecule has 84 valence electrons. The van der Waals surface area contributed by atoms with Crippen molar-refractivity contribution >= 4 is 17.6 Å². The van der Waals surface area contributed by atoms with Crippen molar-refractivity contribution < 1.29 is 18.7 Å². The lowest BCUT2D eigenvalue weighted by Crippen LogP contribution is -2.06. The van der Waals surface area contributed by atoms with E-state index in [1.807, 2.05) is 0 Å². The van der Waals surface area contributed by atoms with Crippen molar-refractivity contribution in [3.05, 3.63) is 28.5 Å². The van der Waals surface area contributed by atoms with Crippen LogP contribution < -0.4 is 4.74 Å². The van der Waals surface area contributed by atoms with Crippen LogP contribution in [0.2, 0.25) is 5.02 Å². The van der Waals surface area contributed by atoms with Crippen LogP contribution in [0.4, 0.5) is 4.39 Å². The summed E-state index contributed by atoms with van der Waals surface area (Å²) in [4.78, 5) is 11.4. The Morgan fingerprint density at radius 1 is 1.62 bits per heavy atom. The largest absolute Gasteiger partial charge is 0.462 e. The molecule has 0 atom stereocenters. The van der Waals surface area contributed by atoms with Crippen LogP contribution in [0, 0.1) is 17.3 Å². The predicted molar refractivity (Wildman–Crippen MR) is 53.6 cm³/mol. The molecule has 16 heavy (non-hydrogen) atoms. The van der Waals surface area contributed by atoms with E-state index < -0.39 is 11.8 Å². The molecular weight excluding hydrogens is 237 g/mol. The van der Waals surface area contributed by atoms with E-state index in [4.69, 9.17) is 21.6 Å². The molecule has 0 aliphatic rings. The number of carbonyl (C=O) groups is 1. The van der Waals surface area contributed by atoms with Crippen LogP contribution in [0.3, 0.4) is 0 Å². The molecule has 0 aliphatic carbocycles. The quantitative estimate of drug-likeness (QED) is 0.605. The zero-order valence-corrected chi connectivity index (χ0v) is 9.05. The van der Waals surface area contributed by atoms with Gasteiger partial charge in [-0.1, -0.05) is 11.6 Å². The first-order valence-corrected chi connectivity index (χ1v) is 4.70. The van der Waals surface area contributed by atoms with Crippen LogP contribution in [0.1, 0.15) is 17.3 Å². The molecule has 0 saturated heterocycles. The van der Waals surface area contributed by atoms with E-state index >= 15 is 0 Å². The number of carbonyl (C=O) groups excluding carboxylic acids is 1. The lowest BCUT2D eigenvalue weighted by Gasteiger charge is -2.06. The van der Waals surface area contributed by atoms with Crippen molar-refractivity contribution in [2.75, 3.05) is 6.61 Å². The second kappa shape index (κ2) is 5.33. The van der Waals surface area contributed by atoms with Gasteiger partial charge in [0.05, 0.1) is 17.2 Å². The third-order valence-electron chi connectivity index (χ3n) is 1.67. The predicted octanol–water partition coefficient (Wildman–Crippen LogP) is 2.52. The molecule has 0 spiro atoms. The van der Waals surface area contributed by atoms with Gasteiger partial charge in [-0.25, -0.2) is 9.18 Å². The Hall–Kier alpha value is -1.80. The van der Waals surface area contributed by atoms with Crippen molar-refractivity contribution in [2.45, 2.75) is 6.92 Å². The summed E-state index contributed by atoms with van der Waals surface area (Å²) in [5.74, 6) is -1.88. The number of nitriles is 1. The molecule has 0 unspecified atom stereocenters. The fourth-order valence-corrected chi connectivity index (χ4v) is 1.25. The highest BCUT2D eigenvalue weighted by Crippen LogP contribution is 2.26. The zero-order chi connectivity index (χ0) is 12.1. The van der Waals surface area contributed by atoms with Gasteiger partial charge in [-0.15, -0.1) is 5.26 Å². The second-order valence-corrected chi connectivity index (χ2v) is 3.08. The van der Waals surface area contributed by atoms with E-state index in [2.05, 4.69) is 4.74 Å². The Kier molecular flexibility index (Phi) is 4.09. The van der Waals surface area contributed by atoms with Crippen LogP contribution in [-0.4, -0.2) is 12.6 Å². The number of hydrogen-bond acceptors (Lipinski definition) is 4. The summed E-state index contributed by atoms with van der Waals surface area (Å²) in [6, 6.07) is 1.92. The molecule has 0 radical (unpaired) electrons. The summed E-state index contributed by atoms with van der Waals surface area (Å²) < 4.78 is 22.2. The van der Waals surface area contributed by atoms with Gasteiger partial charge in [-0.3, -0.25) is 0 Å². The Morgan fingerprint density at radius 3 is 2.88 bits per heavy atom. The summed E-state index contributed by atoms with van der Waals surface area (Å²) in [6.45, 7) is 1.79. The maximum Gasteiger partial charge on any atom is 0.339 e. The Bertz CT molecular complexity index is 456. The number of esters is 1. The molecule has 0 heterocycles. The Balaban J connectivity index is 3.15. The molecule has 0 bridgehead atoms.